The Bertz CT molecular complexity index is 1220. The predicted octanol–water partition coefficient (Wildman–Crippen LogP) is 3.10. The van der Waals surface area contributed by atoms with E-state index in [1.54, 1.807) is 11.9 Å². The van der Waals surface area contributed by atoms with Crippen LogP contribution in [0.3, 0.4) is 0 Å². The molecule has 1 spiro atoms. The van der Waals surface area contributed by atoms with Gasteiger partial charge in [-0.15, -0.1) is 0 Å². The van der Waals surface area contributed by atoms with Crippen molar-refractivity contribution >= 4 is 11.8 Å². The molecule has 1 aromatic carbocycles. The molecule has 0 bridgehead atoms. The lowest BCUT2D eigenvalue weighted by Crippen LogP contribution is -2.68. The van der Waals surface area contributed by atoms with E-state index in [1.165, 1.54) is 16.9 Å². The van der Waals surface area contributed by atoms with E-state index in [2.05, 4.69) is 19.2 Å². The molecule has 1 aliphatic heterocycles. The van der Waals surface area contributed by atoms with Crippen LogP contribution in [-0.2, 0) is 6.54 Å². The summed E-state index contributed by atoms with van der Waals surface area (Å²) in [6, 6.07) is 2.98. The second kappa shape index (κ2) is 9.31. The molecule has 0 unspecified atom stereocenters. The van der Waals surface area contributed by atoms with Gasteiger partial charge in [-0.1, -0.05) is 19.9 Å². The summed E-state index contributed by atoms with van der Waals surface area (Å²) in [7, 11) is 1.68. The third-order valence-electron chi connectivity index (χ3n) is 7.06. The maximum absolute atomic E-state index is 14.0. The van der Waals surface area contributed by atoms with E-state index in [0.717, 1.165) is 38.2 Å². The number of aromatic hydroxyl groups is 1. The fourth-order valence-corrected chi connectivity index (χ4v) is 5.03. The molecule has 1 fully saturated rings. The number of halogens is 2. The molecule has 1 aromatic heterocycles. The summed E-state index contributed by atoms with van der Waals surface area (Å²) >= 11 is 0. The summed E-state index contributed by atoms with van der Waals surface area (Å²) in [5, 5.41) is 15.2. The van der Waals surface area contributed by atoms with E-state index in [1.807, 2.05) is 5.01 Å². The lowest BCUT2D eigenvalue weighted by Gasteiger charge is -2.53. The van der Waals surface area contributed by atoms with Crippen LogP contribution in [0.2, 0.25) is 0 Å². The van der Waals surface area contributed by atoms with Crippen molar-refractivity contribution in [3.8, 4) is 5.75 Å². The zero-order chi connectivity index (χ0) is 25.5. The summed E-state index contributed by atoms with van der Waals surface area (Å²) < 4.78 is 28.6. The number of benzene rings is 1. The molecule has 1 saturated carbocycles. The Balaban J connectivity index is 1.74. The lowest BCUT2D eigenvalue weighted by molar-refractivity contribution is 0.0372. The first kappa shape index (κ1) is 24.7. The molecule has 2 aromatic rings. The van der Waals surface area contributed by atoms with Gasteiger partial charge in [0.25, 0.3) is 11.8 Å². The topological polar surface area (TPSA) is 94.9 Å². The molecule has 2 heterocycles. The van der Waals surface area contributed by atoms with E-state index < -0.39 is 40.3 Å². The van der Waals surface area contributed by atoms with Crippen LogP contribution >= 0.6 is 0 Å². The monoisotopic (exact) mass is 488 g/mol. The zero-order valence-electron chi connectivity index (χ0n) is 20.1. The molecule has 0 atom stereocenters. The average Bonchev–Trinajstić information content (AvgIpc) is 3.29. The van der Waals surface area contributed by atoms with E-state index >= 15 is 0 Å². The van der Waals surface area contributed by atoms with Gasteiger partial charge in [0.05, 0.1) is 0 Å². The molecule has 4 rings (SSSR count). The van der Waals surface area contributed by atoms with E-state index in [0.29, 0.717) is 18.5 Å². The van der Waals surface area contributed by atoms with Crippen molar-refractivity contribution in [2.75, 3.05) is 18.6 Å². The Labute approximate surface area is 202 Å². The largest absolute Gasteiger partial charge is 0.502 e. The van der Waals surface area contributed by atoms with Gasteiger partial charge in [0.15, 0.2) is 11.4 Å². The number of nitrogens with one attached hydrogen (secondary N) is 1. The van der Waals surface area contributed by atoms with Gasteiger partial charge in [0.2, 0.25) is 5.43 Å². The van der Waals surface area contributed by atoms with Crippen molar-refractivity contribution in [2.45, 2.75) is 58.2 Å². The van der Waals surface area contributed by atoms with E-state index in [9.17, 15) is 28.3 Å². The van der Waals surface area contributed by atoms with Gasteiger partial charge in [-0.3, -0.25) is 24.1 Å². The molecule has 2 N–H and O–H groups in total. The minimum Gasteiger partial charge on any atom is -0.502 e. The van der Waals surface area contributed by atoms with E-state index in [4.69, 9.17) is 0 Å². The number of hydrogen-bond acceptors (Lipinski definition) is 5. The van der Waals surface area contributed by atoms with Gasteiger partial charge >= 0.3 is 0 Å². The van der Waals surface area contributed by atoms with Gasteiger partial charge in [-0.25, -0.2) is 8.78 Å². The fraction of sp³-hybridized carbons (Fsp3) is 0.480. The van der Waals surface area contributed by atoms with Crippen LogP contribution in [0.4, 0.5) is 8.78 Å². The SMILES string of the molecule is CC(C)CCN1n2cc(C(=O)NCc3ccc(F)cc3F)c(=O)c(O)c2C(=O)N(C)C12CCCC2. The molecule has 2 amide bonds. The number of nitrogens with zero attached hydrogens (tertiary/aromatic N) is 3. The molecule has 0 saturated heterocycles. The summed E-state index contributed by atoms with van der Waals surface area (Å²) in [6.07, 6.45) is 5.39. The normalized spacial score (nSPS) is 16.8. The fourth-order valence-electron chi connectivity index (χ4n) is 5.03. The highest BCUT2D eigenvalue weighted by Crippen LogP contribution is 2.41. The Hall–Kier alpha value is -3.43. The second-order valence-corrected chi connectivity index (χ2v) is 9.69. The van der Waals surface area contributed by atoms with Crippen LogP contribution in [0.15, 0.2) is 29.2 Å². The minimum atomic E-state index is -0.985. The van der Waals surface area contributed by atoms with Crippen LogP contribution in [0, 0.1) is 17.6 Å². The maximum atomic E-state index is 14.0. The molecular weight excluding hydrogens is 458 g/mol. The Morgan fingerprint density at radius 3 is 2.51 bits per heavy atom. The van der Waals surface area contributed by atoms with Crippen LogP contribution in [-0.4, -0.2) is 45.8 Å². The Morgan fingerprint density at radius 1 is 1.20 bits per heavy atom. The first-order valence-electron chi connectivity index (χ1n) is 11.8. The highest BCUT2D eigenvalue weighted by molar-refractivity contribution is 5.99. The highest BCUT2D eigenvalue weighted by atomic mass is 19.1. The maximum Gasteiger partial charge on any atom is 0.278 e. The molecule has 10 heteroatoms. The second-order valence-electron chi connectivity index (χ2n) is 9.69. The van der Waals surface area contributed by atoms with Crippen molar-refractivity contribution < 1.29 is 23.5 Å². The van der Waals surface area contributed by atoms with Crippen LogP contribution in [0.1, 0.15) is 72.4 Å². The number of carbonyl (C=O) groups excluding carboxylic acids is 2. The summed E-state index contributed by atoms with van der Waals surface area (Å²) in [5.41, 5.74) is -2.11. The third-order valence-corrected chi connectivity index (χ3v) is 7.06. The van der Waals surface area contributed by atoms with Crippen molar-refractivity contribution in [3.05, 3.63) is 63.1 Å². The number of hydrogen-bond donors (Lipinski definition) is 2. The number of fused-ring (bicyclic) bond motifs is 1. The van der Waals surface area contributed by atoms with Crippen LogP contribution in [0.5, 0.6) is 5.75 Å². The number of aromatic nitrogens is 1. The summed E-state index contributed by atoms with van der Waals surface area (Å²) in [5.74, 6) is -3.33. The van der Waals surface area contributed by atoms with Gasteiger partial charge in [0, 0.05) is 38.0 Å². The smallest absolute Gasteiger partial charge is 0.278 e. The van der Waals surface area contributed by atoms with Gasteiger partial charge in [-0.05, 0) is 44.1 Å². The standard InChI is InChI=1S/C25H30F2N4O4/c1-15(2)8-11-31-25(9-4-5-10-25)29(3)24(35)20-22(33)21(32)18(14-30(20)31)23(34)28-13-16-6-7-17(26)12-19(16)27/h6-7,12,14-15,33H,4-5,8-11,13H2,1-3H3,(H,28,34). The Kier molecular flexibility index (Phi) is 6.57. The molecule has 1 aliphatic carbocycles. The lowest BCUT2D eigenvalue weighted by atomic mass is 10.0. The number of amides is 2. The quantitative estimate of drug-likeness (QED) is 0.652. The van der Waals surface area contributed by atoms with Crippen molar-refractivity contribution in [2.24, 2.45) is 5.92 Å². The van der Waals surface area contributed by atoms with Crippen LogP contribution in [0.25, 0.3) is 0 Å². The highest BCUT2D eigenvalue weighted by Gasteiger charge is 2.51. The first-order chi connectivity index (χ1) is 16.6. The van der Waals surface area contributed by atoms with Gasteiger partial charge < -0.3 is 15.3 Å². The molecule has 2 aliphatic rings. The molecule has 35 heavy (non-hydrogen) atoms. The number of carbonyl (C=O) groups is 2. The van der Waals surface area contributed by atoms with Crippen LogP contribution < -0.4 is 15.8 Å². The Morgan fingerprint density at radius 2 is 1.89 bits per heavy atom. The van der Waals surface area contributed by atoms with E-state index in [-0.39, 0.29) is 23.4 Å². The minimum absolute atomic E-state index is 0.0438. The molecule has 8 nitrogen and oxygen atoms in total. The molecule has 188 valence electrons. The summed E-state index contributed by atoms with van der Waals surface area (Å²) in [4.78, 5) is 40.7. The first-order valence-corrected chi connectivity index (χ1v) is 11.8. The third kappa shape index (κ3) is 4.26. The molecular formula is C25H30F2N4O4. The zero-order valence-corrected chi connectivity index (χ0v) is 20.1. The summed E-state index contributed by atoms with van der Waals surface area (Å²) in [6.45, 7) is 4.43. The molecule has 0 radical (unpaired) electrons. The average molecular weight is 489 g/mol. The van der Waals surface area contributed by atoms with Crippen molar-refractivity contribution in [3.63, 3.8) is 0 Å². The van der Waals surface area contributed by atoms with Gasteiger partial charge in [-0.2, -0.15) is 0 Å². The predicted molar refractivity (Wildman–Crippen MR) is 126 cm³/mol. The van der Waals surface area contributed by atoms with Gasteiger partial charge in [0.1, 0.15) is 22.9 Å². The number of rotatable bonds is 6. The van der Waals surface area contributed by atoms with Crippen molar-refractivity contribution in [1.29, 1.82) is 0 Å². The number of pyridine rings is 1. The van der Waals surface area contributed by atoms with Crippen molar-refractivity contribution in [1.82, 2.24) is 14.9 Å².